The molecule has 3 aromatic rings. The molecule has 1 heterocycles. The summed E-state index contributed by atoms with van der Waals surface area (Å²) in [6.07, 6.45) is 2.05. The number of aryl methyl sites for hydroxylation is 2. The van der Waals surface area contributed by atoms with Crippen molar-refractivity contribution < 1.29 is 4.79 Å². The number of rotatable bonds is 5. The number of nitrogens with one attached hydrogen (secondary N) is 1. The van der Waals surface area contributed by atoms with E-state index in [2.05, 4.69) is 44.3 Å². The molecular formula is C22H24N2O. The van der Waals surface area contributed by atoms with E-state index < -0.39 is 0 Å². The molecule has 0 saturated carbocycles. The fraction of sp³-hybridized carbons (Fsp3) is 0.273. The summed E-state index contributed by atoms with van der Waals surface area (Å²) in [7, 11) is 0. The van der Waals surface area contributed by atoms with Gasteiger partial charge in [0.1, 0.15) is 0 Å². The van der Waals surface area contributed by atoms with Gasteiger partial charge in [-0.2, -0.15) is 0 Å². The van der Waals surface area contributed by atoms with Crippen LogP contribution in [0.25, 0.3) is 22.2 Å². The fourth-order valence-corrected chi connectivity index (χ4v) is 2.89. The molecule has 2 aromatic carbocycles. The molecule has 1 amide bonds. The molecule has 3 heteroatoms. The molecule has 128 valence electrons. The number of para-hydroxylation sites is 1. The second-order valence-corrected chi connectivity index (χ2v) is 6.48. The van der Waals surface area contributed by atoms with Gasteiger partial charge in [-0.25, -0.2) is 4.98 Å². The fourth-order valence-electron chi connectivity index (χ4n) is 2.89. The van der Waals surface area contributed by atoms with E-state index in [0.717, 1.165) is 35.0 Å². The predicted octanol–water partition coefficient (Wildman–Crippen LogP) is 5.05. The molecule has 0 radical (unpaired) electrons. The van der Waals surface area contributed by atoms with E-state index in [1.54, 1.807) is 0 Å². The zero-order valence-electron chi connectivity index (χ0n) is 15.1. The Morgan fingerprint density at radius 1 is 1.04 bits per heavy atom. The van der Waals surface area contributed by atoms with Gasteiger partial charge >= 0.3 is 0 Å². The van der Waals surface area contributed by atoms with Crippen LogP contribution in [0, 0.1) is 13.8 Å². The highest BCUT2D eigenvalue weighted by Gasteiger charge is 2.13. The Kier molecular flexibility index (Phi) is 5.13. The van der Waals surface area contributed by atoms with Gasteiger partial charge in [0.25, 0.3) is 5.91 Å². The maximum Gasteiger partial charge on any atom is 0.252 e. The first-order chi connectivity index (χ1) is 12.1. The van der Waals surface area contributed by atoms with Crippen molar-refractivity contribution in [2.24, 2.45) is 0 Å². The van der Waals surface area contributed by atoms with Crippen LogP contribution in [0.15, 0.2) is 48.5 Å². The monoisotopic (exact) mass is 332 g/mol. The summed E-state index contributed by atoms with van der Waals surface area (Å²) in [5.74, 6) is -0.0304. The Balaban J connectivity index is 2.08. The van der Waals surface area contributed by atoms with E-state index in [1.807, 2.05) is 30.3 Å². The van der Waals surface area contributed by atoms with Crippen molar-refractivity contribution in [1.29, 1.82) is 0 Å². The largest absolute Gasteiger partial charge is 0.352 e. The van der Waals surface area contributed by atoms with E-state index in [0.29, 0.717) is 12.1 Å². The normalized spacial score (nSPS) is 10.8. The number of aromatic nitrogens is 1. The summed E-state index contributed by atoms with van der Waals surface area (Å²) in [6, 6.07) is 16.0. The summed E-state index contributed by atoms with van der Waals surface area (Å²) in [4.78, 5) is 17.5. The van der Waals surface area contributed by atoms with Gasteiger partial charge in [-0.05, 0) is 49.6 Å². The quantitative estimate of drug-likeness (QED) is 0.664. The third-order valence-electron chi connectivity index (χ3n) is 4.58. The highest BCUT2D eigenvalue weighted by Crippen LogP contribution is 2.26. The van der Waals surface area contributed by atoms with Crippen molar-refractivity contribution >= 4 is 16.8 Å². The van der Waals surface area contributed by atoms with E-state index in [1.165, 1.54) is 11.1 Å². The first-order valence-electron chi connectivity index (χ1n) is 8.85. The SMILES string of the molecule is CCCCNC(=O)c1cc(-c2ccc(C)c(C)c2)nc2ccccc12. The number of pyridine rings is 1. The lowest BCUT2D eigenvalue weighted by Crippen LogP contribution is -2.24. The molecule has 0 unspecified atom stereocenters. The molecule has 0 bridgehead atoms. The van der Waals surface area contributed by atoms with Gasteiger partial charge in [-0.3, -0.25) is 4.79 Å². The molecule has 3 nitrogen and oxygen atoms in total. The second-order valence-electron chi connectivity index (χ2n) is 6.48. The number of carbonyl (C=O) groups is 1. The van der Waals surface area contributed by atoms with Crippen LogP contribution in [0.2, 0.25) is 0 Å². The van der Waals surface area contributed by atoms with Crippen molar-refractivity contribution in [2.45, 2.75) is 33.6 Å². The average Bonchev–Trinajstić information content (AvgIpc) is 2.63. The molecule has 0 atom stereocenters. The minimum atomic E-state index is -0.0304. The maximum absolute atomic E-state index is 12.7. The number of nitrogens with zero attached hydrogens (tertiary/aromatic N) is 1. The van der Waals surface area contributed by atoms with Crippen LogP contribution in [0.5, 0.6) is 0 Å². The van der Waals surface area contributed by atoms with Crippen LogP contribution < -0.4 is 5.32 Å². The van der Waals surface area contributed by atoms with Crippen LogP contribution in [0.1, 0.15) is 41.3 Å². The molecule has 0 fully saturated rings. The molecule has 1 N–H and O–H groups in total. The third kappa shape index (κ3) is 3.71. The molecule has 0 saturated heterocycles. The highest BCUT2D eigenvalue weighted by atomic mass is 16.1. The van der Waals surface area contributed by atoms with Crippen LogP contribution in [-0.2, 0) is 0 Å². The number of hydrogen-bond acceptors (Lipinski definition) is 2. The minimum absolute atomic E-state index is 0.0304. The van der Waals surface area contributed by atoms with E-state index in [-0.39, 0.29) is 5.91 Å². The average molecular weight is 332 g/mol. The first-order valence-corrected chi connectivity index (χ1v) is 8.85. The molecule has 0 aliphatic rings. The lowest BCUT2D eigenvalue weighted by atomic mass is 10.0. The topological polar surface area (TPSA) is 42.0 Å². The van der Waals surface area contributed by atoms with Crippen LogP contribution >= 0.6 is 0 Å². The summed E-state index contributed by atoms with van der Waals surface area (Å²) in [5, 5.41) is 3.92. The van der Waals surface area contributed by atoms with E-state index >= 15 is 0 Å². The smallest absolute Gasteiger partial charge is 0.252 e. The lowest BCUT2D eigenvalue weighted by molar-refractivity contribution is 0.0955. The number of amides is 1. The molecule has 25 heavy (non-hydrogen) atoms. The van der Waals surface area contributed by atoms with Gasteiger partial charge in [0.05, 0.1) is 16.8 Å². The summed E-state index contributed by atoms with van der Waals surface area (Å²) in [6.45, 7) is 7.01. The summed E-state index contributed by atoms with van der Waals surface area (Å²) in [5.41, 5.74) is 5.89. The molecular weight excluding hydrogens is 308 g/mol. The van der Waals surface area contributed by atoms with Crippen LogP contribution in [0.3, 0.4) is 0 Å². The number of hydrogen-bond donors (Lipinski definition) is 1. The van der Waals surface area contributed by atoms with Gasteiger partial charge < -0.3 is 5.32 Å². The molecule has 0 spiro atoms. The number of unbranched alkanes of at least 4 members (excludes halogenated alkanes) is 1. The molecule has 0 aliphatic heterocycles. The Hall–Kier alpha value is -2.68. The summed E-state index contributed by atoms with van der Waals surface area (Å²) < 4.78 is 0. The molecule has 1 aromatic heterocycles. The van der Waals surface area contributed by atoms with Gasteiger partial charge in [0, 0.05) is 17.5 Å². The highest BCUT2D eigenvalue weighted by molar-refractivity contribution is 6.07. The lowest BCUT2D eigenvalue weighted by Gasteiger charge is -2.11. The van der Waals surface area contributed by atoms with E-state index in [4.69, 9.17) is 4.98 Å². The van der Waals surface area contributed by atoms with Gasteiger partial charge in [0.2, 0.25) is 0 Å². The van der Waals surface area contributed by atoms with Gasteiger partial charge in [-0.15, -0.1) is 0 Å². The minimum Gasteiger partial charge on any atom is -0.352 e. The number of benzene rings is 2. The standard InChI is InChI=1S/C22H24N2O/c1-4-5-12-23-22(25)19-14-21(17-11-10-15(2)16(3)13-17)24-20-9-7-6-8-18(19)20/h6-11,13-14H,4-5,12H2,1-3H3,(H,23,25). The van der Waals surface area contributed by atoms with Crippen molar-refractivity contribution in [3.8, 4) is 11.3 Å². The van der Waals surface area contributed by atoms with Gasteiger partial charge in [0.15, 0.2) is 0 Å². The Labute approximate surface area is 149 Å². The van der Waals surface area contributed by atoms with Crippen LogP contribution in [-0.4, -0.2) is 17.4 Å². The Morgan fingerprint density at radius 3 is 2.60 bits per heavy atom. The Bertz CT molecular complexity index is 915. The van der Waals surface area contributed by atoms with Crippen molar-refractivity contribution in [2.75, 3.05) is 6.54 Å². The second kappa shape index (κ2) is 7.47. The van der Waals surface area contributed by atoms with Gasteiger partial charge in [-0.1, -0.05) is 43.7 Å². The third-order valence-corrected chi connectivity index (χ3v) is 4.58. The van der Waals surface area contributed by atoms with Crippen molar-refractivity contribution in [3.05, 3.63) is 65.2 Å². The van der Waals surface area contributed by atoms with Crippen molar-refractivity contribution in [1.82, 2.24) is 10.3 Å². The molecule has 0 aliphatic carbocycles. The van der Waals surface area contributed by atoms with Crippen LogP contribution in [0.4, 0.5) is 0 Å². The predicted molar refractivity (Wildman–Crippen MR) is 104 cm³/mol. The van der Waals surface area contributed by atoms with Crippen molar-refractivity contribution in [3.63, 3.8) is 0 Å². The number of fused-ring (bicyclic) bond motifs is 1. The summed E-state index contributed by atoms with van der Waals surface area (Å²) >= 11 is 0. The number of carbonyl (C=O) groups excluding carboxylic acids is 1. The zero-order valence-corrected chi connectivity index (χ0v) is 15.1. The zero-order chi connectivity index (χ0) is 17.8. The molecule has 3 rings (SSSR count). The first kappa shape index (κ1) is 17.2. The Morgan fingerprint density at radius 2 is 1.84 bits per heavy atom. The maximum atomic E-state index is 12.7. The van der Waals surface area contributed by atoms with E-state index in [9.17, 15) is 4.79 Å².